The van der Waals surface area contributed by atoms with E-state index in [9.17, 15) is 13.2 Å². The van der Waals surface area contributed by atoms with Gasteiger partial charge in [-0.3, -0.25) is 0 Å². The van der Waals surface area contributed by atoms with Crippen LogP contribution in [0.4, 0.5) is 0 Å². The Bertz CT molecular complexity index is 720. The molecule has 2 rings (SSSR count). The van der Waals surface area contributed by atoms with Gasteiger partial charge >= 0.3 is 5.97 Å². The second-order valence-electron chi connectivity index (χ2n) is 7.99. The van der Waals surface area contributed by atoms with Crippen LogP contribution in [0.3, 0.4) is 0 Å². The Hall–Kier alpha value is -1.56. The Morgan fingerprint density at radius 3 is 2.50 bits per heavy atom. The summed E-state index contributed by atoms with van der Waals surface area (Å²) in [6.45, 7) is 3.68. The molecular formula is C22H34O5S. The Morgan fingerprint density at radius 1 is 1.18 bits per heavy atom. The summed E-state index contributed by atoms with van der Waals surface area (Å²) in [5, 5.41) is -0.223. The molecule has 0 amide bonds. The first-order valence-corrected chi connectivity index (χ1v) is 12.1. The van der Waals surface area contributed by atoms with Gasteiger partial charge in [0, 0.05) is 0 Å². The van der Waals surface area contributed by atoms with E-state index >= 15 is 0 Å². The largest absolute Gasteiger partial charge is 0.482 e. The maximum absolute atomic E-state index is 12.3. The monoisotopic (exact) mass is 410 g/mol. The molecule has 0 aliphatic heterocycles. The molecule has 28 heavy (non-hydrogen) atoms. The standard InChI is InChI=1S/C22H34O5S/c1-4-17(2)28(24,25)16-20-12-9-18(10-13-20)8-11-19-6-5-7-21(14-19)27-15-22(23)26-3/h5-7,14,17-18,20H,4,8-13,15-16H2,1-3H3. The summed E-state index contributed by atoms with van der Waals surface area (Å²) in [4.78, 5) is 11.2. The fourth-order valence-corrected chi connectivity index (χ4v) is 5.62. The SMILES string of the molecule is CCC(C)S(=O)(=O)CC1CCC(CCc2cccc(OCC(=O)OC)c2)CC1. The van der Waals surface area contributed by atoms with E-state index in [1.165, 1.54) is 12.7 Å². The highest BCUT2D eigenvalue weighted by molar-refractivity contribution is 7.92. The number of benzene rings is 1. The summed E-state index contributed by atoms with van der Waals surface area (Å²) in [5.74, 6) is 1.63. The first kappa shape index (κ1) is 22.7. The van der Waals surface area contributed by atoms with E-state index in [0.29, 0.717) is 29.8 Å². The second-order valence-corrected chi connectivity index (χ2v) is 10.4. The van der Waals surface area contributed by atoms with Gasteiger partial charge in [0.15, 0.2) is 16.4 Å². The molecule has 1 saturated carbocycles. The van der Waals surface area contributed by atoms with E-state index in [1.807, 2.05) is 32.0 Å². The minimum Gasteiger partial charge on any atom is -0.482 e. The molecule has 5 nitrogen and oxygen atoms in total. The van der Waals surface area contributed by atoms with E-state index in [4.69, 9.17) is 4.74 Å². The Labute approximate surface area is 169 Å². The molecule has 1 unspecified atom stereocenters. The van der Waals surface area contributed by atoms with Crippen LogP contribution in [-0.2, 0) is 25.8 Å². The van der Waals surface area contributed by atoms with Crippen molar-refractivity contribution in [2.75, 3.05) is 19.5 Å². The number of carbonyl (C=O) groups excluding carboxylic acids is 1. The summed E-state index contributed by atoms with van der Waals surface area (Å²) in [5.41, 5.74) is 1.20. The average molecular weight is 411 g/mol. The van der Waals surface area contributed by atoms with E-state index in [-0.39, 0.29) is 11.9 Å². The lowest BCUT2D eigenvalue weighted by atomic mass is 9.80. The minimum atomic E-state index is -2.95. The maximum atomic E-state index is 12.3. The zero-order valence-corrected chi connectivity index (χ0v) is 18.2. The van der Waals surface area contributed by atoms with E-state index < -0.39 is 15.8 Å². The van der Waals surface area contributed by atoms with E-state index in [0.717, 1.165) is 38.5 Å². The summed E-state index contributed by atoms with van der Waals surface area (Å²) in [6, 6.07) is 7.84. The summed E-state index contributed by atoms with van der Waals surface area (Å²) < 4.78 is 34.7. The Balaban J connectivity index is 1.76. The molecule has 0 bridgehead atoms. The zero-order chi connectivity index (χ0) is 20.6. The van der Waals surface area contributed by atoms with Crippen molar-refractivity contribution in [3.05, 3.63) is 29.8 Å². The van der Waals surface area contributed by atoms with Crippen LogP contribution < -0.4 is 4.74 Å². The molecule has 0 aromatic heterocycles. The Kier molecular flexibility index (Phi) is 8.80. The fourth-order valence-electron chi connectivity index (χ4n) is 3.80. The molecule has 1 aromatic rings. The third-order valence-corrected chi connectivity index (χ3v) is 8.44. The van der Waals surface area contributed by atoms with Crippen molar-refractivity contribution in [3.8, 4) is 5.75 Å². The first-order valence-electron chi connectivity index (χ1n) is 10.3. The van der Waals surface area contributed by atoms with Crippen LogP contribution in [0.1, 0.15) is 57.9 Å². The molecule has 1 fully saturated rings. The highest BCUT2D eigenvalue weighted by Gasteiger charge is 2.28. The quantitative estimate of drug-likeness (QED) is 0.541. The van der Waals surface area contributed by atoms with Crippen molar-refractivity contribution in [2.24, 2.45) is 11.8 Å². The van der Waals surface area contributed by atoms with Gasteiger partial charge in [0.25, 0.3) is 0 Å². The van der Waals surface area contributed by atoms with Gasteiger partial charge in [0.1, 0.15) is 5.75 Å². The predicted octanol–water partition coefficient (Wildman–Crippen LogP) is 4.19. The first-order chi connectivity index (χ1) is 13.3. The third-order valence-electron chi connectivity index (χ3n) is 5.95. The third kappa shape index (κ3) is 7.12. The molecule has 1 aliphatic carbocycles. The van der Waals surface area contributed by atoms with Crippen molar-refractivity contribution >= 4 is 15.8 Å². The number of aryl methyl sites for hydroxylation is 1. The van der Waals surface area contributed by atoms with Gasteiger partial charge in [-0.15, -0.1) is 0 Å². The molecular weight excluding hydrogens is 376 g/mol. The van der Waals surface area contributed by atoms with Gasteiger partial charge in [-0.2, -0.15) is 0 Å². The fraction of sp³-hybridized carbons (Fsp3) is 0.682. The molecule has 0 radical (unpaired) electrons. The lowest BCUT2D eigenvalue weighted by Gasteiger charge is -2.29. The van der Waals surface area contributed by atoms with E-state index in [2.05, 4.69) is 10.8 Å². The van der Waals surface area contributed by atoms with Crippen molar-refractivity contribution in [1.29, 1.82) is 0 Å². The van der Waals surface area contributed by atoms with Crippen LogP contribution in [-0.4, -0.2) is 39.1 Å². The number of hydrogen-bond donors (Lipinski definition) is 0. The molecule has 0 spiro atoms. The summed E-state index contributed by atoms with van der Waals surface area (Å²) in [7, 11) is -1.60. The van der Waals surface area contributed by atoms with Crippen molar-refractivity contribution < 1.29 is 22.7 Å². The summed E-state index contributed by atoms with van der Waals surface area (Å²) in [6.07, 6.45) is 7.02. The van der Waals surface area contributed by atoms with Gasteiger partial charge in [0.2, 0.25) is 0 Å². The molecule has 158 valence electrons. The van der Waals surface area contributed by atoms with Crippen molar-refractivity contribution in [2.45, 2.75) is 64.0 Å². The van der Waals surface area contributed by atoms with Crippen LogP contribution in [0.5, 0.6) is 5.75 Å². The number of methoxy groups -OCH3 is 1. The number of esters is 1. The molecule has 1 aromatic carbocycles. The highest BCUT2D eigenvalue weighted by atomic mass is 32.2. The lowest BCUT2D eigenvalue weighted by Crippen LogP contribution is -2.27. The van der Waals surface area contributed by atoms with Crippen LogP contribution >= 0.6 is 0 Å². The van der Waals surface area contributed by atoms with Gasteiger partial charge in [-0.1, -0.05) is 31.9 Å². The van der Waals surface area contributed by atoms with Gasteiger partial charge in [0.05, 0.1) is 18.1 Å². The van der Waals surface area contributed by atoms with Crippen LogP contribution in [0.25, 0.3) is 0 Å². The van der Waals surface area contributed by atoms with Crippen LogP contribution in [0, 0.1) is 11.8 Å². The van der Waals surface area contributed by atoms with Gasteiger partial charge < -0.3 is 9.47 Å². The molecule has 0 saturated heterocycles. The van der Waals surface area contributed by atoms with Crippen molar-refractivity contribution in [3.63, 3.8) is 0 Å². The van der Waals surface area contributed by atoms with Crippen LogP contribution in [0.2, 0.25) is 0 Å². The molecule has 6 heteroatoms. The number of ether oxygens (including phenoxy) is 2. The predicted molar refractivity (Wildman–Crippen MR) is 111 cm³/mol. The lowest BCUT2D eigenvalue weighted by molar-refractivity contribution is -0.142. The zero-order valence-electron chi connectivity index (χ0n) is 17.4. The molecule has 1 atom stereocenters. The Morgan fingerprint density at radius 2 is 1.86 bits per heavy atom. The van der Waals surface area contributed by atoms with E-state index in [1.54, 1.807) is 0 Å². The average Bonchev–Trinajstić information content (AvgIpc) is 2.70. The smallest absolute Gasteiger partial charge is 0.343 e. The number of rotatable bonds is 10. The highest BCUT2D eigenvalue weighted by Crippen LogP contribution is 2.33. The van der Waals surface area contributed by atoms with Gasteiger partial charge in [-0.05, 0) is 68.6 Å². The molecule has 0 N–H and O–H groups in total. The normalized spacial score (nSPS) is 21.1. The van der Waals surface area contributed by atoms with Gasteiger partial charge in [-0.25, -0.2) is 13.2 Å². The van der Waals surface area contributed by atoms with Crippen molar-refractivity contribution in [1.82, 2.24) is 0 Å². The topological polar surface area (TPSA) is 69.7 Å². The maximum Gasteiger partial charge on any atom is 0.343 e. The number of carbonyl (C=O) groups is 1. The number of hydrogen-bond acceptors (Lipinski definition) is 5. The minimum absolute atomic E-state index is 0.0798. The molecule has 1 aliphatic rings. The molecule has 0 heterocycles. The van der Waals surface area contributed by atoms with Crippen LogP contribution in [0.15, 0.2) is 24.3 Å². The second kappa shape index (κ2) is 10.8. The number of sulfone groups is 1. The summed E-state index contributed by atoms with van der Waals surface area (Å²) >= 11 is 0.